The van der Waals surface area contributed by atoms with E-state index in [4.69, 9.17) is 9.47 Å². The van der Waals surface area contributed by atoms with Gasteiger partial charge in [-0.05, 0) is 54.6 Å². The van der Waals surface area contributed by atoms with Crippen LogP contribution >= 0.6 is 0 Å². The number of methoxy groups -OCH3 is 2. The van der Waals surface area contributed by atoms with E-state index in [9.17, 15) is 23.3 Å². The lowest BCUT2D eigenvalue weighted by Gasteiger charge is -2.11. The molecule has 1 N–H and O–H groups in total. The number of nitro groups is 1. The zero-order chi connectivity index (χ0) is 22.6. The molecule has 0 saturated carbocycles. The first-order valence-electron chi connectivity index (χ1n) is 8.89. The highest BCUT2D eigenvalue weighted by molar-refractivity contribution is 7.91. The third kappa shape index (κ3) is 4.64. The van der Waals surface area contributed by atoms with E-state index in [0.717, 1.165) is 12.1 Å². The zero-order valence-electron chi connectivity index (χ0n) is 16.6. The molecule has 0 bridgehead atoms. The van der Waals surface area contributed by atoms with Crippen molar-refractivity contribution in [1.82, 2.24) is 0 Å². The molecule has 0 aliphatic carbocycles. The first-order valence-corrected chi connectivity index (χ1v) is 10.4. The highest BCUT2D eigenvalue weighted by atomic mass is 32.2. The molecule has 9 nitrogen and oxygen atoms in total. The third-order valence-electron chi connectivity index (χ3n) is 4.43. The van der Waals surface area contributed by atoms with Crippen molar-refractivity contribution in [3.8, 4) is 11.5 Å². The van der Waals surface area contributed by atoms with Gasteiger partial charge in [0.1, 0.15) is 11.5 Å². The van der Waals surface area contributed by atoms with Crippen molar-refractivity contribution in [3.05, 3.63) is 82.4 Å². The van der Waals surface area contributed by atoms with E-state index < -0.39 is 20.7 Å². The van der Waals surface area contributed by atoms with Gasteiger partial charge in [0.15, 0.2) is 0 Å². The molecule has 3 aromatic carbocycles. The average Bonchev–Trinajstić information content (AvgIpc) is 2.79. The summed E-state index contributed by atoms with van der Waals surface area (Å²) in [5.74, 6) is 0.382. The van der Waals surface area contributed by atoms with Crippen LogP contribution in [0.5, 0.6) is 11.5 Å². The smallest absolute Gasteiger partial charge is 0.269 e. The number of non-ortho nitro benzene ring substituents is 1. The number of ether oxygens (including phenoxy) is 2. The van der Waals surface area contributed by atoms with Crippen LogP contribution in [-0.2, 0) is 9.84 Å². The van der Waals surface area contributed by atoms with E-state index in [0.29, 0.717) is 17.2 Å². The topological polar surface area (TPSA) is 125 Å². The number of sulfone groups is 1. The van der Waals surface area contributed by atoms with Gasteiger partial charge < -0.3 is 14.8 Å². The summed E-state index contributed by atoms with van der Waals surface area (Å²) >= 11 is 0. The van der Waals surface area contributed by atoms with Gasteiger partial charge in [-0.1, -0.05) is 0 Å². The number of amides is 1. The Bertz CT molecular complexity index is 1220. The largest absolute Gasteiger partial charge is 0.497 e. The molecule has 0 radical (unpaired) electrons. The summed E-state index contributed by atoms with van der Waals surface area (Å²) in [4.78, 5) is 22.7. The van der Waals surface area contributed by atoms with Crippen LogP contribution in [-0.4, -0.2) is 33.5 Å². The monoisotopic (exact) mass is 442 g/mol. The maximum atomic E-state index is 12.7. The van der Waals surface area contributed by atoms with E-state index in [2.05, 4.69) is 5.32 Å². The highest BCUT2D eigenvalue weighted by Crippen LogP contribution is 2.27. The van der Waals surface area contributed by atoms with Crippen molar-refractivity contribution >= 4 is 27.1 Å². The first kappa shape index (κ1) is 21.8. The van der Waals surface area contributed by atoms with E-state index in [-0.39, 0.29) is 21.0 Å². The van der Waals surface area contributed by atoms with Crippen LogP contribution in [0.15, 0.2) is 76.5 Å². The molecule has 0 aliphatic rings. The number of hydrogen-bond acceptors (Lipinski definition) is 7. The van der Waals surface area contributed by atoms with Crippen molar-refractivity contribution in [2.75, 3.05) is 19.5 Å². The number of carbonyl (C=O) groups is 1. The van der Waals surface area contributed by atoms with E-state index in [1.165, 1.54) is 56.7 Å². The molecule has 0 aromatic heterocycles. The van der Waals surface area contributed by atoms with Crippen molar-refractivity contribution in [1.29, 1.82) is 0 Å². The molecule has 0 unspecified atom stereocenters. The lowest BCUT2D eigenvalue weighted by atomic mass is 10.1. The number of nitro benzene ring substituents is 1. The van der Waals surface area contributed by atoms with E-state index >= 15 is 0 Å². The van der Waals surface area contributed by atoms with Gasteiger partial charge in [0, 0.05) is 17.8 Å². The Hall–Kier alpha value is -3.92. The fourth-order valence-corrected chi connectivity index (χ4v) is 4.05. The predicted molar refractivity (Wildman–Crippen MR) is 112 cm³/mol. The van der Waals surface area contributed by atoms with Gasteiger partial charge in [0.25, 0.3) is 11.6 Å². The quantitative estimate of drug-likeness (QED) is 0.437. The van der Waals surface area contributed by atoms with Crippen LogP contribution in [0.3, 0.4) is 0 Å². The van der Waals surface area contributed by atoms with Crippen LogP contribution in [0.4, 0.5) is 11.4 Å². The summed E-state index contributed by atoms with van der Waals surface area (Å²) in [5, 5.41) is 13.4. The average molecular weight is 442 g/mol. The van der Waals surface area contributed by atoms with Crippen molar-refractivity contribution < 1.29 is 27.6 Å². The molecule has 0 aliphatic heterocycles. The molecule has 0 atom stereocenters. The Labute approximate surface area is 178 Å². The highest BCUT2D eigenvalue weighted by Gasteiger charge is 2.19. The summed E-state index contributed by atoms with van der Waals surface area (Å²) in [7, 11) is -0.950. The molecule has 0 saturated heterocycles. The van der Waals surface area contributed by atoms with Crippen LogP contribution in [0.2, 0.25) is 0 Å². The summed E-state index contributed by atoms with van der Waals surface area (Å²) < 4.78 is 35.8. The van der Waals surface area contributed by atoms with Crippen molar-refractivity contribution in [2.45, 2.75) is 9.79 Å². The Morgan fingerprint density at radius 3 is 2.00 bits per heavy atom. The minimum absolute atomic E-state index is 0.0155. The molecule has 10 heteroatoms. The fourth-order valence-electron chi connectivity index (χ4n) is 2.79. The summed E-state index contributed by atoms with van der Waals surface area (Å²) in [6, 6.07) is 15.0. The molecule has 1 amide bonds. The van der Waals surface area contributed by atoms with Gasteiger partial charge in [-0.25, -0.2) is 8.42 Å². The molecule has 0 spiro atoms. The number of nitrogens with zero attached hydrogens (tertiary/aromatic N) is 1. The van der Waals surface area contributed by atoms with Crippen LogP contribution in [0.25, 0.3) is 0 Å². The standard InChI is InChI=1S/C21H18N2O7S/c1-29-16-7-12-20(30-2)19(13-16)21(24)22-14-3-8-17(9-4-14)31(27,28)18-10-5-15(6-11-18)23(25)26/h3-13H,1-2H3,(H,22,24). The zero-order valence-corrected chi connectivity index (χ0v) is 17.4. The number of nitrogens with one attached hydrogen (secondary N) is 1. The Balaban J connectivity index is 1.81. The minimum Gasteiger partial charge on any atom is -0.497 e. The Kier molecular flexibility index (Phi) is 6.21. The van der Waals surface area contributed by atoms with Gasteiger partial charge in [-0.15, -0.1) is 0 Å². The van der Waals surface area contributed by atoms with Crippen molar-refractivity contribution in [3.63, 3.8) is 0 Å². The summed E-state index contributed by atoms with van der Waals surface area (Å²) in [6.07, 6.45) is 0. The second kappa shape index (κ2) is 8.84. The van der Waals surface area contributed by atoms with Crippen LogP contribution < -0.4 is 14.8 Å². The van der Waals surface area contributed by atoms with E-state index in [1.807, 2.05) is 0 Å². The van der Waals surface area contributed by atoms with Gasteiger partial charge in [-0.2, -0.15) is 0 Å². The normalized spacial score (nSPS) is 10.9. The summed E-state index contributed by atoms with van der Waals surface area (Å²) in [6.45, 7) is 0. The van der Waals surface area contributed by atoms with Gasteiger partial charge in [-0.3, -0.25) is 14.9 Å². The van der Waals surface area contributed by atoms with Gasteiger partial charge in [0.05, 0.1) is 34.5 Å². The van der Waals surface area contributed by atoms with Crippen molar-refractivity contribution in [2.24, 2.45) is 0 Å². The maximum absolute atomic E-state index is 12.7. The molecule has 160 valence electrons. The van der Waals surface area contributed by atoms with Crippen LogP contribution in [0.1, 0.15) is 10.4 Å². The lowest BCUT2D eigenvalue weighted by molar-refractivity contribution is -0.384. The molecular formula is C21H18N2O7S. The Morgan fingerprint density at radius 2 is 1.48 bits per heavy atom. The number of carbonyl (C=O) groups excluding carboxylic acids is 1. The number of benzene rings is 3. The molecule has 31 heavy (non-hydrogen) atoms. The number of hydrogen-bond donors (Lipinski definition) is 1. The van der Waals surface area contributed by atoms with Crippen LogP contribution in [0, 0.1) is 10.1 Å². The molecule has 0 heterocycles. The fraction of sp³-hybridized carbons (Fsp3) is 0.0952. The molecule has 3 aromatic rings. The first-order chi connectivity index (χ1) is 14.8. The summed E-state index contributed by atoms with van der Waals surface area (Å²) in [5.41, 5.74) is 0.423. The lowest BCUT2D eigenvalue weighted by Crippen LogP contribution is -2.13. The number of rotatable bonds is 7. The Morgan fingerprint density at radius 1 is 0.903 bits per heavy atom. The van der Waals surface area contributed by atoms with Gasteiger partial charge in [0.2, 0.25) is 9.84 Å². The third-order valence-corrected chi connectivity index (χ3v) is 6.22. The maximum Gasteiger partial charge on any atom is 0.269 e. The molecular weight excluding hydrogens is 424 g/mol. The van der Waals surface area contributed by atoms with Gasteiger partial charge >= 0.3 is 0 Å². The predicted octanol–water partition coefficient (Wildman–Crippen LogP) is 3.70. The minimum atomic E-state index is -3.87. The molecule has 3 rings (SSSR count). The number of anilines is 1. The SMILES string of the molecule is COc1ccc(OC)c(C(=O)Nc2ccc(S(=O)(=O)c3ccc([N+](=O)[O-])cc3)cc2)c1. The van der Waals surface area contributed by atoms with E-state index in [1.54, 1.807) is 12.1 Å². The second-order valence-electron chi connectivity index (χ2n) is 6.30. The second-order valence-corrected chi connectivity index (χ2v) is 8.25. The molecule has 0 fully saturated rings.